The molecule has 2 aromatic rings. The summed E-state index contributed by atoms with van der Waals surface area (Å²) in [6, 6.07) is 6.61. The number of anilines is 1. The van der Waals surface area contributed by atoms with Crippen LogP contribution in [0.25, 0.3) is 11.3 Å². The number of nitrogens with zero attached hydrogens (tertiary/aromatic N) is 2. The van der Waals surface area contributed by atoms with Gasteiger partial charge in [-0.05, 0) is 18.2 Å². The van der Waals surface area contributed by atoms with Crippen LogP contribution >= 0.6 is 0 Å². The minimum atomic E-state index is -4.35. The summed E-state index contributed by atoms with van der Waals surface area (Å²) in [6.07, 6.45) is -2.86. The predicted molar refractivity (Wildman–Crippen MR) is 62.0 cm³/mol. The van der Waals surface area contributed by atoms with Crippen molar-refractivity contribution >= 4 is 5.95 Å². The zero-order valence-corrected chi connectivity index (χ0v) is 9.49. The number of hydrogen-bond donors (Lipinski definition) is 1. The second-order valence-corrected chi connectivity index (χ2v) is 3.59. The third-order valence-electron chi connectivity index (χ3n) is 2.36. The van der Waals surface area contributed by atoms with Crippen molar-refractivity contribution in [2.45, 2.75) is 6.18 Å². The normalized spacial score (nSPS) is 11.3. The van der Waals surface area contributed by atoms with Crippen molar-refractivity contribution in [3.63, 3.8) is 0 Å². The van der Waals surface area contributed by atoms with E-state index in [0.29, 0.717) is 17.2 Å². The first-order valence-electron chi connectivity index (χ1n) is 5.19. The van der Waals surface area contributed by atoms with Crippen molar-refractivity contribution in [1.29, 1.82) is 0 Å². The molecule has 0 saturated heterocycles. The van der Waals surface area contributed by atoms with Crippen molar-refractivity contribution in [1.82, 2.24) is 9.97 Å². The van der Waals surface area contributed by atoms with E-state index in [4.69, 9.17) is 0 Å². The Morgan fingerprint density at radius 2 is 1.94 bits per heavy atom. The molecular formula is C12H10F3N3. The van der Waals surface area contributed by atoms with E-state index in [1.165, 1.54) is 12.3 Å². The Morgan fingerprint density at radius 1 is 1.17 bits per heavy atom. The number of nitrogens with one attached hydrogen (secondary N) is 1. The van der Waals surface area contributed by atoms with E-state index in [9.17, 15) is 13.2 Å². The fraction of sp³-hybridized carbons (Fsp3) is 0.167. The van der Waals surface area contributed by atoms with Gasteiger partial charge in [0.15, 0.2) is 0 Å². The summed E-state index contributed by atoms with van der Waals surface area (Å²) < 4.78 is 37.8. The predicted octanol–water partition coefficient (Wildman–Crippen LogP) is 3.20. The van der Waals surface area contributed by atoms with Crippen LogP contribution in [0.4, 0.5) is 19.1 Å². The SMILES string of the molecule is CNc1nccc(-c2cccc(C(F)(F)F)c2)n1. The van der Waals surface area contributed by atoms with Crippen LogP contribution in [0, 0.1) is 0 Å². The van der Waals surface area contributed by atoms with E-state index in [0.717, 1.165) is 12.1 Å². The minimum Gasteiger partial charge on any atom is -0.357 e. The van der Waals surface area contributed by atoms with Crippen LogP contribution in [0.5, 0.6) is 0 Å². The fourth-order valence-electron chi connectivity index (χ4n) is 1.49. The highest BCUT2D eigenvalue weighted by atomic mass is 19.4. The van der Waals surface area contributed by atoms with Crippen LogP contribution in [0.2, 0.25) is 0 Å². The Kier molecular flexibility index (Phi) is 3.18. The first-order valence-corrected chi connectivity index (χ1v) is 5.19. The van der Waals surface area contributed by atoms with Gasteiger partial charge in [-0.15, -0.1) is 0 Å². The molecule has 94 valence electrons. The Morgan fingerprint density at radius 3 is 2.61 bits per heavy atom. The Balaban J connectivity index is 2.44. The first kappa shape index (κ1) is 12.3. The van der Waals surface area contributed by atoms with Gasteiger partial charge in [0, 0.05) is 18.8 Å². The third kappa shape index (κ3) is 2.58. The number of benzene rings is 1. The highest BCUT2D eigenvalue weighted by molar-refractivity contribution is 5.61. The lowest BCUT2D eigenvalue weighted by Crippen LogP contribution is -2.04. The fourth-order valence-corrected chi connectivity index (χ4v) is 1.49. The van der Waals surface area contributed by atoms with Gasteiger partial charge < -0.3 is 5.32 Å². The van der Waals surface area contributed by atoms with Crippen LogP contribution in [0.1, 0.15) is 5.56 Å². The quantitative estimate of drug-likeness (QED) is 0.893. The standard InChI is InChI=1S/C12H10F3N3/c1-16-11-17-6-5-10(18-11)8-3-2-4-9(7-8)12(13,14)15/h2-7H,1H3,(H,16,17,18). The minimum absolute atomic E-state index is 0.366. The first-order chi connectivity index (χ1) is 8.50. The molecule has 0 aliphatic carbocycles. The summed E-state index contributed by atoms with van der Waals surface area (Å²) in [5.41, 5.74) is 0.161. The van der Waals surface area contributed by atoms with Crippen molar-refractivity contribution in [2.24, 2.45) is 0 Å². The number of halogens is 3. The molecule has 0 aliphatic rings. The number of alkyl halides is 3. The maximum atomic E-state index is 12.6. The van der Waals surface area contributed by atoms with Gasteiger partial charge in [0.05, 0.1) is 11.3 Å². The van der Waals surface area contributed by atoms with E-state index in [-0.39, 0.29) is 0 Å². The van der Waals surface area contributed by atoms with Gasteiger partial charge in [0.2, 0.25) is 5.95 Å². The molecule has 0 amide bonds. The molecule has 0 radical (unpaired) electrons. The van der Waals surface area contributed by atoms with Crippen LogP contribution < -0.4 is 5.32 Å². The molecule has 0 bridgehead atoms. The molecule has 0 saturated carbocycles. The van der Waals surface area contributed by atoms with E-state index < -0.39 is 11.7 Å². The molecule has 18 heavy (non-hydrogen) atoms. The Labute approximate surface area is 102 Å². The molecule has 1 aromatic carbocycles. The molecular weight excluding hydrogens is 243 g/mol. The molecule has 1 aromatic heterocycles. The van der Waals surface area contributed by atoms with Gasteiger partial charge in [-0.3, -0.25) is 0 Å². The maximum Gasteiger partial charge on any atom is 0.416 e. The largest absolute Gasteiger partial charge is 0.416 e. The number of aromatic nitrogens is 2. The molecule has 0 fully saturated rings. The zero-order chi connectivity index (χ0) is 13.2. The number of hydrogen-bond acceptors (Lipinski definition) is 3. The number of rotatable bonds is 2. The molecule has 0 atom stereocenters. The van der Waals surface area contributed by atoms with Crippen LogP contribution in [0.3, 0.4) is 0 Å². The molecule has 0 spiro atoms. The molecule has 6 heteroatoms. The molecule has 3 nitrogen and oxygen atoms in total. The van der Waals surface area contributed by atoms with E-state index in [1.54, 1.807) is 19.2 Å². The summed E-state index contributed by atoms with van der Waals surface area (Å²) in [6.45, 7) is 0. The van der Waals surface area contributed by atoms with E-state index in [1.807, 2.05) is 0 Å². The van der Waals surface area contributed by atoms with Gasteiger partial charge in [-0.2, -0.15) is 13.2 Å². The van der Waals surface area contributed by atoms with Gasteiger partial charge in [-0.25, -0.2) is 9.97 Å². The molecule has 0 unspecified atom stereocenters. The van der Waals surface area contributed by atoms with Crippen LogP contribution in [-0.2, 0) is 6.18 Å². The summed E-state index contributed by atoms with van der Waals surface area (Å²) in [7, 11) is 1.64. The Hall–Kier alpha value is -2.11. The second-order valence-electron chi connectivity index (χ2n) is 3.59. The van der Waals surface area contributed by atoms with Crippen molar-refractivity contribution in [3.05, 3.63) is 42.1 Å². The van der Waals surface area contributed by atoms with Gasteiger partial charge in [0.25, 0.3) is 0 Å². The Bertz CT molecular complexity index is 552. The lowest BCUT2D eigenvalue weighted by Gasteiger charge is -2.08. The van der Waals surface area contributed by atoms with Gasteiger partial charge in [-0.1, -0.05) is 12.1 Å². The maximum absolute atomic E-state index is 12.6. The third-order valence-corrected chi connectivity index (χ3v) is 2.36. The monoisotopic (exact) mass is 253 g/mol. The average molecular weight is 253 g/mol. The highest BCUT2D eigenvalue weighted by Gasteiger charge is 2.30. The van der Waals surface area contributed by atoms with Gasteiger partial charge >= 0.3 is 6.18 Å². The topological polar surface area (TPSA) is 37.8 Å². The summed E-state index contributed by atoms with van der Waals surface area (Å²) in [4.78, 5) is 8.01. The van der Waals surface area contributed by atoms with Gasteiger partial charge in [0.1, 0.15) is 0 Å². The van der Waals surface area contributed by atoms with Crippen molar-refractivity contribution in [2.75, 3.05) is 12.4 Å². The van der Waals surface area contributed by atoms with Crippen molar-refractivity contribution in [3.8, 4) is 11.3 Å². The lowest BCUT2D eigenvalue weighted by molar-refractivity contribution is -0.137. The summed E-state index contributed by atoms with van der Waals surface area (Å²) in [5, 5.41) is 2.74. The van der Waals surface area contributed by atoms with E-state index in [2.05, 4.69) is 15.3 Å². The zero-order valence-electron chi connectivity index (χ0n) is 9.49. The van der Waals surface area contributed by atoms with Crippen molar-refractivity contribution < 1.29 is 13.2 Å². The van der Waals surface area contributed by atoms with E-state index >= 15 is 0 Å². The summed E-state index contributed by atoms with van der Waals surface area (Å²) in [5.74, 6) is 0.366. The molecule has 2 rings (SSSR count). The summed E-state index contributed by atoms with van der Waals surface area (Å²) >= 11 is 0. The lowest BCUT2D eigenvalue weighted by atomic mass is 10.1. The average Bonchev–Trinajstić information content (AvgIpc) is 2.38. The van der Waals surface area contributed by atoms with Crippen LogP contribution in [0.15, 0.2) is 36.5 Å². The van der Waals surface area contributed by atoms with Crippen LogP contribution in [-0.4, -0.2) is 17.0 Å². The molecule has 1 N–H and O–H groups in total. The second kappa shape index (κ2) is 4.64. The molecule has 0 aliphatic heterocycles. The highest BCUT2D eigenvalue weighted by Crippen LogP contribution is 2.31. The molecule has 1 heterocycles. The smallest absolute Gasteiger partial charge is 0.357 e.